The number of carbonyl (C=O) groups is 3. The predicted octanol–water partition coefficient (Wildman–Crippen LogP) is 3.56. The number of methoxy groups -OCH3 is 3. The van der Waals surface area contributed by atoms with Gasteiger partial charge in [-0.2, -0.15) is 0 Å². The minimum Gasteiger partial charge on any atom is -0.493 e. The number of benzene rings is 3. The monoisotopic (exact) mass is 508 g/mol. The van der Waals surface area contributed by atoms with Gasteiger partial charge in [0.05, 0.1) is 21.3 Å². The fourth-order valence-corrected chi connectivity index (χ4v) is 3.43. The number of hydrogen-bond acceptors (Lipinski definition) is 6. The van der Waals surface area contributed by atoms with Crippen molar-refractivity contribution in [3.05, 3.63) is 94.9 Å². The number of carbonyl (C=O) groups excluding carboxylic acids is 2. The number of carboxylic acid groups (broad SMARTS) is 1. The third-order valence-corrected chi connectivity index (χ3v) is 5.26. The van der Waals surface area contributed by atoms with Crippen LogP contribution in [0.1, 0.15) is 27.5 Å². The van der Waals surface area contributed by atoms with E-state index in [-0.39, 0.29) is 28.5 Å². The molecular weight excluding hydrogens is 483 g/mol. The summed E-state index contributed by atoms with van der Waals surface area (Å²) < 4.78 is 29.2. The lowest BCUT2D eigenvalue weighted by Gasteiger charge is -2.18. The second kappa shape index (κ2) is 12.2. The molecule has 3 aromatic rings. The van der Waals surface area contributed by atoms with Gasteiger partial charge in [-0.3, -0.25) is 9.59 Å². The molecule has 0 spiro atoms. The van der Waals surface area contributed by atoms with Crippen molar-refractivity contribution >= 4 is 23.9 Å². The molecule has 3 rings (SSSR count). The van der Waals surface area contributed by atoms with Crippen LogP contribution in [-0.4, -0.2) is 44.2 Å². The van der Waals surface area contributed by atoms with Crippen LogP contribution in [0.4, 0.5) is 4.39 Å². The molecule has 10 heteroatoms. The van der Waals surface area contributed by atoms with Crippen molar-refractivity contribution in [3.8, 4) is 17.2 Å². The summed E-state index contributed by atoms with van der Waals surface area (Å²) in [5, 5.41) is 14.6. The van der Waals surface area contributed by atoms with Gasteiger partial charge in [-0.15, -0.1) is 0 Å². The molecule has 0 aliphatic rings. The molecule has 0 heterocycles. The third kappa shape index (κ3) is 6.63. The van der Waals surface area contributed by atoms with Crippen LogP contribution in [0.5, 0.6) is 17.2 Å². The van der Waals surface area contributed by atoms with Crippen LogP contribution in [0, 0.1) is 5.82 Å². The third-order valence-electron chi connectivity index (χ3n) is 5.26. The van der Waals surface area contributed by atoms with Gasteiger partial charge in [0.25, 0.3) is 11.8 Å². The van der Waals surface area contributed by atoms with Crippen LogP contribution in [0.25, 0.3) is 6.08 Å². The Morgan fingerprint density at radius 2 is 1.49 bits per heavy atom. The Morgan fingerprint density at radius 1 is 0.892 bits per heavy atom. The molecule has 9 nitrogen and oxygen atoms in total. The van der Waals surface area contributed by atoms with Crippen molar-refractivity contribution in [2.75, 3.05) is 21.3 Å². The van der Waals surface area contributed by atoms with E-state index in [1.165, 1.54) is 63.8 Å². The maximum absolute atomic E-state index is 13.4. The summed E-state index contributed by atoms with van der Waals surface area (Å²) in [5.41, 5.74) is 0.529. The van der Waals surface area contributed by atoms with Crippen LogP contribution < -0.4 is 24.8 Å². The lowest BCUT2D eigenvalue weighted by molar-refractivity contribution is -0.141. The molecule has 192 valence electrons. The first-order valence-corrected chi connectivity index (χ1v) is 10.9. The summed E-state index contributed by atoms with van der Waals surface area (Å²) in [5.74, 6) is -2.66. The van der Waals surface area contributed by atoms with E-state index in [1.54, 1.807) is 30.3 Å². The molecule has 0 aromatic heterocycles. The normalized spacial score (nSPS) is 11.7. The highest BCUT2D eigenvalue weighted by molar-refractivity contribution is 6.06. The Bertz CT molecular complexity index is 1280. The Balaban J connectivity index is 1.98. The van der Waals surface area contributed by atoms with E-state index in [1.807, 2.05) is 0 Å². The van der Waals surface area contributed by atoms with Crippen LogP contribution in [0.2, 0.25) is 0 Å². The van der Waals surface area contributed by atoms with Crippen LogP contribution in [0.3, 0.4) is 0 Å². The van der Waals surface area contributed by atoms with Crippen molar-refractivity contribution in [2.24, 2.45) is 0 Å². The fourth-order valence-electron chi connectivity index (χ4n) is 3.43. The Hall–Kier alpha value is -4.86. The molecule has 37 heavy (non-hydrogen) atoms. The van der Waals surface area contributed by atoms with Gasteiger partial charge < -0.3 is 30.0 Å². The standard InChI is InChI=1S/C27H25FN2O7/c1-35-21-14-18(15-22(36-2)24(21)37-3)25(31)29-20(13-16-9-11-19(28)12-10-16)26(32)30-23(27(33)34)17-7-5-4-6-8-17/h4-15,23H,1-3H3,(H,29,31)(H,30,32)(H,33,34)/b20-13+. The average Bonchev–Trinajstić information content (AvgIpc) is 2.91. The lowest BCUT2D eigenvalue weighted by Crippen LogP contribution is -2.39. The van der Waals surface area contributed by atoms with E-state index in [9.17, 15) is 23.9 Å². The lowest BCUT2D eigenvalue weighted by atomic mass is 10.1. The number of aliphatic carboxylic acids is 1. The van der Waals surface area contributed by atoms with Crippen molar-refractivity contribution in [1.82, 2.24) is 10.6 Å². The van der Waals surface area contributed by atoms with Crippen molar-refractivity contribution in [2.45, 2.75) is 6.04 Å². The minimum atomic E-state index is -1.39. The van der Waals surface area contributed by atoms with Crippen LogP contribution in [0.15, 0.2) is 72.4 Å². The highest BCUT2D eigenvalue weighted by Gasteiger charge is 2.25. The first kappa shape index (κ1) is 26.7. The first-order chi connectivity index (χ1) is 17.8. The molecule has 0 fully saturated rings. The predicted molar refractivity (Wildman–Crippen MR) is 133 cm³/mol. The van der Waals surface area contributed by atoms with E-state index in [0.29, 0.717) is 11.1 Å². The second-order valence-electron chi connectivity index (χ2n) is 7.63. The van der Waals surface area contributed by atoms with Crippen LogP contribution in [-0.2, 0) is 9.59 Å². The molecule has 1 atom stereocenters. The van der Waals surface area contributed by atoms with Crippen molar-refractivity contribution in [3.63, 3.8) is 0 Å². The molecule has 1 unspecified atom stereocenters. The molecule has 2 amide bonds. The van der Waals surface area contributed by atoms with Crippen molar-refractivity contribution < 1.29 is 38.1 Å². The first-order valence-electron chi connectivity index (χ1n) is 10.9. The number of rotatable bonds is 10. The van der Waals surface area contributed by atoms with E-state index in [0.717, 1.165) is 0 Å². The minimum absolute atomic E-state index is 0.0742. The molecule has 0 radical (unpaired) electrons. The van der Waals surface area contributed by atoms with Crippen LogP contribution >= 0.6 is 0 Å². The Kier molecular flexibility index (Phi) is 8.82. The topological polar surface area (TPSA) is 123 Å². The van der Waals surface area contributed by atoms with Crippen molar-refractivity contribution in [1.29, 1.82) is 0 Å². The highest BCUT2D eigenvalue weighted by Crippen LogP contribution is 2.38. The molecule has 0 saturated carbocycles. The van der Waals surface area contributed by atoms with Gasteiger partial charge in [0, 0.05) is 5.56 Å². The van der Waals surface area contributed by atoms with Gasteiger partial charge in [0.1, 0.15) is 11.5 Å². The van der Waals surface area contributed by atoms with Gasteiger partial charge in [-0.05, 0) is 41.5 Å². The summed E-state index contributed by atoms with van der Waals surface area (Å²) >= 11 is 0. The molecule has 0 aliphatic heterocycles. The fraction of sp³-hybridized carbons (Fsp3) is 0.148. The number of ether oxygens (including phenoxy) is 3. The number of nitrogens with one attached hydrogen (secondary N) is 2. The maximum Gasteiger partial charge on any atom is 0.330 e. The zero-order valence-electron chi connectivity index (χ0n) is 20.3. The zero-order valence-corrected chi connectivity index (χ0v) is 20.3. The number of halogens is 1. The van der Waals surface area contributed by atoms with E-state index in [4.69, 9.17) is 14.2 Å². The second-order valence-corrected chi connectivity index (χ2v) is 7.63. The number of amides is 2. The average molecular weight is 509 g/mol. The van der Waals surface area contributed by atoms with E-state index < -0.39 is 29.6 Å². The van der Waals surface area contributed by atoms with E-state index in [2.05, 4.69) is 10.6 Å². The Labute approximate surface area is 212 Å². The van der Waals surface area contributed by atoms with Gasteiger partial charge in [-0.1, -0.05) is 42.5 Å². The summed E-state index contributed by atoms with van der Waals surface area (Å²) in [7, 11) is 4.20. The van der Waals surface area contributed by atoms with Gasteiger partial charge in [0.15, 0.2) is 17.5 Å². The SMILES string of the molecule is COc1cc(C(=O)N/C(=C/c2ccc(F)cc2)C(=O)NC(C(=O)O)c2ccccc2)cc(OC)c1OC. The quantitative estimate of drug-likeness (QED) is 0.358. The van der Waals surface area contributed by atoms with E-state index >= 15 is 0 Å². The molecule has 3 aromatic carbocycles. The molecular formula is C27H25FN2O7. The summed E-state index contributed by atoms with van der Waals surface area (Å²) in [4.78, 5) is 38.3. The number of carboxylic acids is 1. The zero-order chi connectivity index (χ0) is 26.9. The summed E-state index contributed by atoms with van der Waals surface area (Å²) in [6, 6.07) is 14.7. The van der Waals surface area contributed by atoms with Gasteiger partial charge >= 0.3 is 5.97 Å². The Morgan fingerprint density at radius 3 is 2.00 bits per heavy atom. The summed E-state index contributed by atoms with van der Waals surface area (Å²) in [6.45, 7) is 0. The smallest absolute Gasteiger partial charge is 0.330 e. The van der Waals surface area contributed by atoms with Gasteiger partial charge in [-0.25, -0.2) is 9.18 Å². The largest absolute Gasteiger partial charge is 0.493 e. The summed E-state index contributed by atoms with van der Waals surface area (Å²) in [6.07, 6.45) is 1.30. The number of hydrogen-bond donors (Lipinski definition) is 3. The molecule has 0 saturated heterocycles. The molecule has 3 N–H and O–H groups in total. The maximum atomic E-state index is 13.4. The molecule has 0 bridgehead atoms. The molecule has 0 aliphatic carbocycles. The highest BCUT2D eigenvalue weighted by atomic mass is 19.1. The van der Waals surface area contributed by atoms with Gasteiger partial charge in [0.2, 0.25) is 5.75 Å².